The van der Waals surface area contributed by atoms with Crippen molar-refractivity contribution in [2.75, 3.05) is 0 Å². The molecule has 2 spiro atoms. The summed E-state index contributed by atoms with van der Waals surface area (Å²) < 4.78 is 0. The van der Waals surface area contributed by atoms with Crippen LogP contribution in [0.5, 0.6) is 0 Å². The Hall–Kier alpha value is -0.300. The van der Waals surface area contributed by atoms with Gasteiger partial charge in [-0.2, -0.15) is 0 Å². The van der Waals surface area contributed by atoms with Gasteiger partial charge in [0.05, 0.1) is 6.10 Å². The van der Waals surface area contributed by atoms with Crippen LogP contribution in [0.15, 0.2) is 12.2 Å². The van der Waals surface area contributed by atoms with E-state index in [0.29, 0.717) is 10.8 Å². The number of aliphatic hydroxyl groups is 1. The summed E-state index contributed by atoms with van der Waals surface area (Å²) in [7, 11) is 0. The second kappa shape index (κ2) is 1.95. The fraction of sp³-hybridized carbons (Fsp3) is 0.875. The van der Waals surface area contributed by atoms with E-state index in [-0.39, 0.29) is 6.10 Å². The molecule has 7 aliphatic rings. The zero-order valence-corrected chi connectivity index (χ0v) is 10.5. The first-order chi connectivity index (χ1) is 8.16. The molecule has 6 saturated carbocycles. The van der Waals surface area contributed by atoms with E-state index in [2.05, 4.69) is 26.0 Å². The molecule has 0 aromatic carbocycles. The van der Waals surface area contributed by atoms with Crippen LogP contribution in [0, 0.1) is 58.2 Å². The maximum absolute atomic E-state index is 10.1. The van der Waals surface area contributed by atoms with Gasteiger partial charge in [-0.05, 0) is 59.2 Å². The zero-order chi connectivity index (χ0) is 11.3. The summed E-state index contributed by atoms with van der Waals surface area (Å²) in [4.78, 5) is 0. The average molecular weight is 228 g/mol. The van der Waals surface area contributed by atoms with Gasteiger partial charge in [-0.15, -0.1) is 0 Å². The van der Waals surface area contributed by atoms with E-state index < -0.39 is 0 Å². The molecule has 1 nitrogen and oxygen atoms in total. The first kappa shape index (κ1) is 8.74. The van der Waals surface area contributed by atoms with Crippen molar-refractivity contribution < 1.29 is 5.11 Å². The van der Waals surface area contributed by atoms with Crippen LogP contribution in [0.2, 0.25) is 0 Å². The predicted molar refractivity (Wildman–Crippen MR) is 63.9 cm³/mol. The Bertz CT molecular complexity index is 496. The zero-order valence-electron chi connectivity index (χ0n) is 10.5. The number of hydrogen-bond acceptors (Lipinski definition) is 1. The first-order valence-electron chi connectivity index (χ1n) is 7.53. The highest BCUT2D eigenvalue weighted by Gasteiger charge is 3.01. The number of hydrogen-bond donors (Lipinski definition) is 1. The monoisotopic (exact) mass is 228 g/mol. The van der Waals surface area contributed by atoms with Crippen LogP contribution in [0.1, 0.15) is 20.3 Å². The van der Waals surface area contributed by atoms with Crippen molar-refractivity contribution in [3.8, 4) is 0 Å². The Morgan fingerprint density at radius 3 is 2.59 bits per heavy atom. The van der Waals surface area contributed by atoms with Crippen molar-refractivity contribution in [2.24, 2.45) is 58.2 Å². The maximum atomic E-state index is 10.1. The van der Waals surface area contributed by atoms with Crippen molar-refractivity contribution in [1.29, 1.82) is 0 Å². The molecule has 7 aliphatic carbocycles. The van der Waals surface area contributed by atoms with Crippen LogP contribution in [-0.2, 0) is 0 Å². The minimum atomic E-state index is -0.133. The van der Waals surface area contributed by atoms with Gasteiger partial charge >= 0.3 is 0 Å². The van der Waals surface area contributed by atoms with Gasteiger partial charge < -0.3 is 5.11 Å². The molecule has 10 unspecified atom stereocenters. The molecule has 0 aromatic rings. The summed E-state index contributed by atoms with van der Waals surface area (Å²) in [6, 6.07) is 0. The van der Waals surface area contributed by atoms with E-state index in [1.807, 2.05) is 0 Å². The standard InChI is InChI=1S/C16H20O/c1-6-7(2)13-10-9-11(10)14-15(12(6)9)4-3-8(17)5-16(13,14)15/h3-4,6-14,17H,5H2,1-2H3/t6?,7?,8-,9?,10?,11?,12?,13?,14?,15?,16?/m0/s1. The molecule has 1 heteroatoms. The second-order valence-electron chi connectivity index (χ2n) is 8.08. The van der Waals surface area contributed by atoms with E-state index in [4.69, 9.17) is 0 Å². The van der Waals surface area contributed by atoms with Gasteiger partial charge in [0.1, 0.15) is 0 Å². The molecule has 17 heavy (non-hydrogen) atoms. The third kappa shape index (κ3) is 0.514. The minimum Gasteiger partial charge on any atom is -0.389 e. The molecule has 0 radical (unpaired) electrons. The predicted octanol–water partition coefficient (Wildman–Crippen LogP) is 2.32. The van der Waals surface area contributed by atoms with Crippen LogP contribution >= 0.6 is 0 Å². The maximum Gasteiger partial charge on any atom is 0.0726 e. The normalized spacial score (nSPS) is 83.6. The molecule has 0 saturated heterocycles. The lowest BCUT2D eigenvalue weighted by Gasteiger charge is -2.55. The smallest absolute Gasteiger partial charge is 0.0726 e. The molecule has 0 aliphatic heterocycles. The van der Waals surface area contributed by atoms with Crippen molar-refractivity contribution in [3.63, 3.8) is 0 Å². The van der Waals surface area contributed by atoms with Crippen molar-refractivity contribution >= 4 is 0 Å². The highest BCUT2D eigenvalue weighted by molar-refractivity contribution is 5.52. The van der Waals surface area contributed by atoms with Gasteiger partial charge in [0.2, 0.25) is 0 Å². The van der Waals surface area contributed by atoms with Gasteiger partial charge in [-0.1, -0.05) is 26.0 Å². The van der Waals surface area contributed by atoms with E-state index in [9.17, 15) is 5.11 Å². The molecule has 0 amide bonds. The first-order valence-corrected chi connectivity index (χ1v) is 7.53. The molecular formula is C16H20O. The number of rotatable bonds is 0. The largest absolute Gasteiger partial charge is 0.389 e. The third-order valence-corrected chi connectivity index (χ3v) is 8.45. The van der Waals surface area contributed by atoms with Gasteiger partial charge in [0.25, 0.3) is 0 Å². The van der Waals surface area contributed by atoms with E-state index in [0.717, 1.165) is 53.8 Å². The van der Waals surface area contributed by atoms with Crippen molar-refractivity contribution in [2.45, 2.75) is 26.4 Å². The Morgan fingerprint density at radius 2 is 1.76 bits per heavy atom. The quantitative estimate of drug-likeness (QED) is 0.631. The highest BCUT2D eigenvalue weighted by Crippen LogP contribution is 3.04. The summed E-state index contributed by atoms with van der Waals surface area (Å²) in [6.07, 6.45) is 5.60. The highest BCUT2D eigenvalue weighted by atomic mass is 16.3. The Morgan fingerprint density at radius 1 is 1.06 bits per heavy atom. The fourth-order valence-electron chi connectivity index (χ4n) is 8.52. The summed E-state index contributed by atoms with van der Waals surface area (Å²) in [5.74, 6) is 8.12. The summed E-state index contributed by atoms with van der Waals surface area (Å²) in [5, 5.41) is 10.1. The topological polar surface area (TPSA) is 20.2 Å². The SMILES string of the molecule is CC1C(C)C2C3C4C3C3C5(C=C[C@H](O)CC235)C14. The lowest BCUT2D eigenvalue weighted by molar-refractivity contribution is -0.0704. The van der Waals surface area contributed by atoms with Crippen LogP contribution in [0.4, 0.5) is 0 Å². The van der Waals surface area contributed by atoms with E-state index in [1.165, 1.54) is 0 Å². The number of allylic oxidation sites excluding steroid dienone is 1. The molecule has 2 bridgehead atoms. The summed E-state index contributed by atoms with van der Waals surface area (Å²) in [6.45, 7) is 5.03. The molecule has 0 heterocycles. The third-order valence-electron chi connectivity index (χ3n) is 8.45. The van der Waals surface area contributed by atoms with E-state index in [1.54, 1.807) is 0 Å². The van der Waals surface area contributed by atoms with Crippen molar-refractivity contribution in [3.05, 3.63) is 12.2 Å². The number of fused-ring (bicyclic) bond motifs is 1. The molecule has 90 valence electrons. The van der Waals surface area contributed by atoms with Crippen molar-refractivity contribution in [1.82, 2.24) is 0 Å². The van der Waals surface area contributed by atoms with E-state index >= 15 is 0 Å². The molecule has 1 N–H and O–H groups in total. The number of aliphatic hydroxyl groups excluding tert-OH is 1. The fourth-order valence-corrected chi connectivity index (χ4v) is 8.52. The molecule has 7 rings (SSSR count). The molecule has 6 fully saturated rings. The van der Waals surface area contributed by atoms with Gasteiger partial charge in [0, 0.05) is 5.41 Å². The van der Waals surface area contributed by atoms with Gasteiger partial charge in [-0.25, -0.2) is 0 Å². The Kier molecular flexibility index (Phi) is 1.00. The van der Waals surface area contributed by atoms with Crippen LogP contribution in [-0.4, -0.2) is 11.2 Å². The lowest BCUT2D eigenvalue weighted by Crippen LogP contribution is -2.52. The van der Waals surface area contributed by atoms with Gasteiger partial charge in [-0.3, -0.25) is 0 Å². The summed E-state index contributed by atoms with van der Waals surface area (Å²) in [5.41, 5.74) is 1.18. The average Bonchev–Trinajstić information content (AvgIpc) is 3.07. The second-order valence-corrected chi connectivity index (χ2v) is 8.08. The summed E-state index contributed by atoms with van der Waals surface area (Å²) >= 11 is 0. The Labute approximate surface area is 102 Å². The molecule has 11 atom stereocenters. The molecule has 0 aromatic heterocycles. The molecular weight excluding hydrogens is 208 g/mol. The van der Waals surface area contributed by atoms with Gasteiger partial charge in [0.15, 0.2) is 0 Å². The van der Waals surface area contributed by atoms with Crippen LogP contribution in [0.25, 0.3) is 0 Å². The van der Waals surface area contributed by atoms with Crippen LogP contribution in [0.3, 0.4) is 0 Å². The Balaban J connectivity index is 1.66. The van der Waals surface area contributed by atoms with Crippen LogP contribution < -0.4 is 0 Å². The lowest BCUT2D eigenvalue weighted by atomic mass is 9.49. The minimum absolute atomic E-state index is 0.133.